The van der Waals surface area contributed by atoms with Crippen molar-refractivity contribution < 1.29 is 27.4 Å². The quantitative estimate of drug-likeness (QED) is 0.749. The average molecular weight is 319 g/mol. The fraction of sp³-hybridized carbons (Fsp3) is 0.533. The predicted octanol–water partition coefficient (Wildman–Crippen LogP) is 2.85. The Labute approximate surface area is 127 Å². The zero-order valence-electron chi connectivity index (χ0n) is 12.5. The number of methoxy groups -OCH3 is 1. The Morgan fingerprint density at radius 2 is 1.91 bits per heavy atom. The highest BCUT2D eigenvalue weighted by Crippen LogP contribution is 2.26. The van der Waals surface area contributed by atoms with Crippen LogP contribution in [-0.4, -0.2) is 38.5 Å². The van der Waals surface area contributed by atoms with Gasteiger partial charge in [0.15, 0.2) is 0 Å². The number of ether oxygens (including phenoxy) is 2. The van der Waals surface area contributed by atoms with Gasteiger partial charge in [-0.1, -0.05) is 30.3 Å². The Balaban J connectivity index is 2.86. The molecule has 22 heavy (non-hydrogen) atoms. The number of esters is 1. The molecule has 0 heterocycles. The summed E-state index contributed by atoms with van der Waals surface area (Å²) in [6, 6.07) is 5.97. The molecule has 0 unspecified atom stereocenters. The minimum Gasteiger partial charge on any atom is -0.466 e. The van der Waals surface area contributed by atoms with Crippen LogP contribution in [0.2, 0.25) is 0 Å². The highest BCUT2D eigenvalue weighted by molar-refractivity contribution is 5.70. The van der Waals surface area contributed by atoms with Crippen LogP contribution in [-0.2, 0) is 14.3 Å². The largest absolute Gasteiger partial charge is 0.466 e. The molecule has 1 aromatic rings. The van der Waals surface area contributed by atoms with E-state index in [-0.39, 0.29) is 13.2 Å². The summed E-state index contributed by atoms with van der Waals surface area (Å²) >= 11 is 0. The van der Waals surface area contributed by atoms with Crippen LogP contribution in [0.3, 0.4) is 0 Å². The lowest BCUT2D eigenvalue weighted by Gasteiger charge is -2.27. The summed E-state index contributed by atoms with van der Waals surface area (Å²) in [4.78, 5) is 11.4. The first-order valence-electron chi connectivity index (χ1n) is 6.90. The van der Waals surface area contributed by atoms with E-state index in [4.69, 9.17) is 4.74 Å². The van der Waals surface area contributed by atoms with Crippen LogP contribution in [0.25, 0.3) is 0 Å². The molecule has 0 saturated carbocycles. The molecule has 1 N–H and O–H groups in total. The molecule has 0 saturated heterocycles. The second-order valence-electron chi connectivity index (χ2n) is 4.69. The lowest BCUT2D eigenvalue weighted by atomic mass is 10.1. The topological polar surface area (TPSA) is 47.6 Å². The summed E-state index contributed by atoms with van der Waals surface area (Å²) in [6.45, 7) is 1.65. The maximum absolute atomic E-state index is 13.1. The van der Waals surface area contributed by atoms with Crippen LogP contribution in [0.15, 0.2) is 30.3 Å². The van der Waals surface area contributed by atoms with E-state index in [1.807, 2.05) is 0 Å². The van der Waals surface area contributed by atoms with Crippen LogP contribution in [0, 0.1) is 0 Å². The SMILES string of the molecule is CCOC(=O)C[C@@H](N[C@@H](COC)c1ccccc1)C(F)(F)F. The maximum Gasteiger partial charge on any atom is 0.404 e. The third kappa shape index (κ3) is 6.03. The Morgan fingerprint density at radius 3 is 2.41 bits per heavy atom. The fourth-order valence-corrected chi connectivity index (χ4v) is 1.99. The van der Waals surface area contributed by atoms with Gasteiger partial charge in [-0.05, 0) is 12.5 Å². The molecule has 0 amide bonds. The highest BCUT2D eigenvalue weighted by Gasteiger charge is 2.42. The number of nitrogens with one attached hydrogen (secondary N) is 1. The molecule has 0 spiro atoms. The van der Waals surface area contributed by atoms with Gasteiger partial charge in [0, 0.05) is 7.11 Å². The standard InChI is InChI=1S/C15H20F3NO3/c1-3-22-14(20)9-13(15(16,17)18)19-12(10-21-2)11-7-5-4-6-8-11/h4-8,12-13,19H,3,9-10H2,1-2H3/t12-,13+/m0/s1. The molecule has 0 aliphatic heterocycles. The number of hydrogen-bond acceptors (Lipinski definition) is 4. The van der Waals surface area contributed by atoms with Gasteiger partial charge in [-0.3, -0.25) is 10.1 Å². The second kappa shape index (κ2) is 8.75. The van der Waals surface area contributed by atoms with Crippen LogP contribution in [0.1, 0.15) is 24.9 Å². The number of halogens is 3. The van der Waals surface area contributed by atoms with Crippen molar-refractivity contribution in [1.29, 1.82) is 0 Å². The number of carbonyl (C=O) groups is 1. The summed E-state index contributed by atoms with van der Waals surface area (Å²) in [7, 11) is 1.41. The molecule has 0 radical (unpaired) electrons. The minimum atomic E-state index is -4.56. The highest BCUT2D eigenvalue weighted by atomic mass is 19.4. The van der Waals surface area contributed by atoms with Crippen molar-refractivity contribution in [3.05, 3.63) is 35.9 Å². The van der Waals surface area contributed by atoms with E-state index in [0.717, 1.165) is 0 Å². The zero-order chi connectivity index (χ0) is 16.6. The van der Waals surface area contributed by atoms with Gasteiger partial charge in [0.25, 0.3) is 0 Å². The Kier molecular flexibility index (Phi) is 7.34. The van der Waals surface area contributed by atoms with Gasteiger partial charge in [-0.15, -0.1) is 0 Å². The van der Waals surface area contributed by atoms with Crippen molar-refractivity contribution in [3.8, 4) is 0 Å². The van der Waals surface area contributed by atoms with Crippen molar-refractivity contribution in [2.24, 2.45) is 0 Å². The molecule has 2 atom stereocenters. The van der Waals surface area contributed by atoms with Crippen LogP contribution < -0.4 is 5.32 Å². The molecule has 7 heteroatoms. The summed E-state index contributed by atoms with van der Waals surface area (Å²) in [5.74, 6) is -0.887. The van der Waals surface area contributed by atoms with Gasteiger partial charge >= 0.3 is 12.1 Å². The molecular weight excluding hydrogens is 299 g/mol. The first kappa shape index (κ1) is 18.4. The first-order valence-corrected chi connectivity index (χ1v) is 6.90. The molecule has 0 fully saturated rings. The summed E-state index contributed by atoms with van der Waals surface area (Å²) in [5, 5.41) is 2.45. The minimum absolute atomic E-state index is 0.0452. The van der Waals surface area contributed by atoms with E-state index in [1.54, 1.807) is 37.3 Å². The van der Waals surface area contributed by atoms with Gasteiger partial charge in [0.2, 0.25) is 0 Å². The molecular formula is C15H20F3NO3. The normalized spacial score (nSPS) is 14.4. The summed E-state index contributed by atoms with van der Waals surface area (Å²) in [6.07, 6.45) is -5.34. The smallest absolute Gasteiger partial charge is 0.404 e. The monoisotopic (exact) mass is 319 g/mol. The van der Waals surface area contributed by atoms with E-state index in [1.165, 1.54) is 7.11 Å². The van der Waals surface area contributed by atoms with Gasteiger partial charge in [0.05, 0.1) is 25.7 Å². The first-order chi connectivity index (χ1) is 10.4. The molecule has 124 valence electrons. The van der Waals surface area contributed by atoms with E-state index < -0.39 is 30.7 Å². The summed E-state index contributed by atoms with van der Waals surface area (Å²) < 4.78 is 49.0. The zero-order valence-corrected chi connectivity index (χ0v) is 12.5. The van der Waals surface area contributed by atoms with Gasteiger partial charge in [-0.2, -0.15) is 13.2 Å². The van der Waals surface area contributed by atoms with Crippen LogP contribution in [0.4, 0.5) is 13.2 Å². The van der Waals surface area contributed by atoms with Crippen LogP contribution >= 0.6 is 0 Å². The number of benzene rings is 1. The van der Waals surface area contributed by atoms with Crippen LogP contribution in [0.5, 0.6) is 0 Å². The third-order valence-electron chi connectivity index (χ3n) is 3.01. The van der Waals surface area contributed by atoms with Crippen molar-refractivity contribution in [1.82, 2.24) is 5.32 Å². The summed E-state index contributed by atoms with van der Waals surface area (Å²) in [5.41, 5.74) is 0.655. The molecule has 0 aliphatic carbocycles. The number of rotatable bonds is 8. The fourth-order valence-electron chi connectivity index (χ4n) is 1.99. The average Bonchev–Trinajstić information content (AvgIpc) is 2.46. The Hall–Kier alpha value is -1.60. The van der Waals surface area contributed by atoms with Crippen molar-refractivity contribution in [2.45, 2.75) is 31.6 Å². The third-order valence-corrected chi connectivity index (χ3v) is 3.01. The number of alkyl halides is 3. The van der Waals surface area contributed by atoms with E-state index in [9.17, 15) is 18.0 Å². The molecule has 0 bridgehead atoms. The van der Waals surface area contributed by atoms with E-state index in [0.29, 0.717) is 5.56 Å². The van der Waals surface area contributed by atoms with Crippen molar-refractivity contribution in [3.63, 3.8) is 0 Å². The molecule has 0 aromatic heterocycles. The van der Waals surface area contributed by atoms with E-state index in [2.05, 4.69) is 10.1 Å². The predicted molar refractivity (Wildman–Crippen MR) is 75.3 cm³/mol. The van der Waals surface area contributed by atoms with Gasteiger partial charge < -0.3 is 9.47 Å². The molecule has 4 nitrogen and oxygen atoms in total. The van der Waals surface area contributed by atoms with Crippen molar-refractivity contribution in [2.75, 3.05) is 20.3 Å². The number of hydrogen-bond donors (Lipinski definition) is 1. The number of carbonyl (C=O) groups excluding carboxylic acids is 1. The van der Waals surface area contributed by atoms with Crippen molar-refractivity contribution >= 4 is 5.97 Å². The molecule has 0 aliphatic rings. The maximum atomic E-state index is 13.1. The second-order valence-corrected chi connectivity index (χ2v) is 4.69. The van der Waals surface area contributed by atoms with Gasteiger partial charge in [-0.25, -0.2) is 0 Å². The molecule has 1 aromatic carbocycles. The molecule has 1 rings (SSSR count). The van der Waals surface area contributed by atoms with E-state index >= 15 is 0 Å². The lowest BCUT2D eigenvalue weighted by molar-refractivity contribution is -0.171. The Morgan fingerprint density at radius 1 is 1.27 bits per heavy atom. The lowest BCUT2D eigenvalue weighted by Crippen LogP contribution is -2.46. The van der Waals surface area contributed by atoms with Gasteiger partial charge in [0.1, 0.15) is 6.04 Å². The Bertz CT molecular complexity index is 451.